The standard InChI is InChI=1S/C6H7O2P.H3O2P/c7-9(8)6-4-2-1-3-5-6;1-3-2/h1-5,7-8H;1-3H. The van der Waals surface area contributed by atoms with Crippen molar-refractivity contribution in [2.75, 3.05) is 0 Å². The van der Waals surface area contributed by atoms with Crippen LogP contribution in [0.25, 0.3) is 0 Å². The molecule has 68 valence electrons. The second-order valence-electron chi connectivity index (χ2n) is 1.72. The van der Waals surface area contributed by atoms with Crippen molar-refractivity contribution in [1.82, 2.24) is 0 Å². The predicted molar refractivity (Wildman–Crippen MR) is 50.2 cm³/mol. The first kappa shape index (κ1) is 11.9. The normalized spacial score (nSPS) is 9.08. The van der Waals surface area contributed by atoms with Gasteiger partial charge in [0.25, 0.3) is 0 Å². The summed E-state index contributed by atoms with van der Waals surface area (Å²) in [7, 11) is -2.81. The van der Waals surface area contributed by atoms with Crippen LogP contribution in [0.2, 0.25) is 0 Å². The molecule has 0 aliphatic carbocycles. The summed E-state index contributed by atoms with van der Waals surface area (Å²) in [6, 6.07) is 8.76. The van der Waals surface area contributed by atoms with Crippen LogP contribution in [-0.4, -0.2) is 19.6 Å². The lowest BCUT2D eigenvalue weighted by atomic mass is 10.4. The molecule has 0 fully saturated rings. The van der Waals surface area contributed by atoms with E-state index in [1.165, 1.54) is 0 Å². The molecule has 4 N–H and O–H groups in total. The Hall–Kier alpha value is -0.0800. The molecule has 1 rings (SSSR count). The number of benzene rings is 1. The summed E-state index contributed by atoms with van der Waals surface area (Å²) in [4.78, 5) is 31.6. The van der Waals surface area contributed by atoms with Gasteiger partial charge in [-0.3, -0.25) is 0 Å². The molecule has 0 saturated heterocycles. The fraction of sp³-hybridized carbons (Fsp3) is 0. The van der Waals surface area contributed by atoms with Crippen molar-refractivity contribution in [3.05, 3.63) is 30.3 Å². The van der Waals surface area contributed by atoms with E-state index in [0.717, 1.165) is 0 Å². The molecule has 0 aliphatic heterocycles. The molecule has 0 saturated carbocycles. The highest BCUT2D eigenvalue weighted by Crippen LogP contribution is 2.20. The zero-order valence-electron chi connectivity index (χ0n) is 6.12. The van der Waals surface area contributed by atoms with Crippen LogP contribution < -0.4 is 5.30 Å². The third kappa shape index (κ3) is 5.56. The summed E-state index contributed by atoms with van der Waals surface area (Å²) >= 11 is 0. The van der Waals surface area contributed by atoms with Crippen molar-refractivity contribution < 1.29 is 19.6 Å². The quantitative estimate of drug-likeness (QED) is 0.493. The molecule has 0 bridgehead atoms. The Kier molecular flexibility index (Phi) is 7.51. The van der Waals surface area contributed by atoms with Crippen LogP contribution in [0.3, 0.4) is 0 Å². The van der Waals surface area contributed by atoms with E-state index in [1.54, 1.807) is 24.3 Å². The van der Waals surface area contributed by atoms with Crippen LogP contribution in [-0.2, 0) is 0 Å². The summed E-state index contributed by atoms with van der Waals surface area (Å²) in [5, 5.41) is 0.590. The summed E-state index contributed by atoms with van der Waals surface area (Å²) in [6.07, 6.45) is 0. The molecule has 6 heteroatoms. The Morgan fingerprint density at radius 2 is 1.42 bits per heavy atom. The van der Waals surface area contributed by atoms with Crippen LogP contribution in [0, 0.1) is 0 Å². The van der Waals surface area contributed by atoms with Gasteiger partial charge in [0.2, 0.25) is 0 Å². The van der Waals surface area contributed by atoms with Gasteiger partial charge in [-0.1, -0.05) is 18.2 Å². The first-order chi connectivity index (χ1) is 5.72. The smallest absolute Gasteiger partial charge is 0.199 e. The van der Waals surface area contributed by atoms with Gasteiger partial charge < -0.3 is 19.6 Å². The van der Waals surface area contributed by atoms with Crippen LogP contribution in [0.15, 0.2) is 30.3 Å². The van der Waals surface area contributed by atoms with Crippen molar-refractivity contribution in [3.8, 4) is 0 Å². The maximum absolute atomic E-state index is 8.64. The molecule has 0 unspecified atom stereocenters. The summed E-state index contributed by atoms with van der Waals surface area (Å²) in [5.41, 5.74) is 0. The van der Waals surface area contributed by atoms with E-state index in [0.29, 0.717) is 5.30 Å². The summed E-state index contributed by atoms with van der Waals surface area (Å²) in [5.74, 6) is 0. The number of hydrogen-bond donors (Lipinski definition) is 4. The topological polar surface area (TPSA) is 80.9 Å². The minimum atomic E-state index is -1.90. The van der Waals surface area contributed by atoms with E-state index in [4.69, 9.17) is 19.6 Å². The SMILES string of the molecule is OP(O)c1ccccc1.OPO. The van der Waals surface area contributed by atoms with E-state index in [2.05, 4.69) is 0 Å². The second-order valence-corrected chi connectivity index (χ2v) is 3.02. The summed E-state index contributed by atoms with van der Waals surface area (Å²) in [6.45, 7) is 0. The van der Waals surface area contributed by atoms with Crippen LogP contribution >= 0.6 is 17.4 Å². The second kappa shape index (κ2) is 7.56. The van der Waals surface area contributed by atoms with E-state index in [-0.39, 0.29) is 0 Å². The average Bonchev–Trinajstić information content (AvgIpc) is 2.07. The lowest BCUT2D eigenvalue weighted by Crippen LogP contribution is -1.96. The monoisotopic (exact) mass is 208 g/mol. The van der Waals surface area contributed by atoms with Gasteiger partial charge in [-0.2, -0.15) is 0 Å². The maximum Gasteiger partial charge on any atom is 0.199 e. The van der Waals surface area contributed by atoms with Gasteiger partial charge in [0.15, 0.2) is 8.38 Å². The zero-order valence-corrected chi connectivity index (χ0v) is 8.02. The molecular weight excluding hydrogens is 198 g/mol. The minimum absolute atomic E-state index is 0.590. The third-order valence-corrected chi connectivity index (χ3v) is 1.75. The Morgan fingerprint density at radius 3 is 1.67 bits per heavy atom. The molecule has 0 aromatic heterocycles. The van der Waals surface area contributed by atoms with Gasteiger partial charge in [-0.05, 0) is 12.1 Å². The molecule has 4 nitrogen and oxygen atoms in total. The number of hydrogen-bond acceptors (Lipinski definition) is 4. The van der Waals surface area contributed by atoms with Crippen LogP contribution in [0.5, 0.6) is 0 Å². The lowest BCUT2D eigenvalue weighted by Gasteiger charge is -1.98. The highest BCUT2D eigenvalue weighted by molar-refractivity contribution is 7.54. The Bertz CT molecular complexity index is 192. The van der Waals surface area contributed by atoms with Gasteiger partial charge in [0, 0.05) is 5.30 Å². The molecular formula is C6H10O4P2. The minimum Gasteiger partial charge on any atom is -0.352 e. The largest absolute Gasteiger partial charge is 0.352 e. The Morgan fingerprint density at radius 1 is 1.00 bits per heavy atom. The van der Waals surface area contributed by atoms with Crippen molar-refractivity contribution in [1.29, 1.82) is 0 Å². The first-order valence-corrected chi connectivity index (χ1v) is 5.12. The fourth-order valence-electron chi connectivity index (χ4n) is 0.561. The molecule has 12 heavy (non-hydrogen) atoms. The van der Waals surface area contributed by atoms with Gasteiger partial charge in [0.05, 0.1) is 0 Å². The van der Waals surface area contributed by atoms with E-state index in [1.807, 2.05) is 6.07 Å². The van der Waals surface area contributed by atoms with Gasteiger partial charge in [-0.15, -0.1) is 0 Å². The lowest BCUT2D eigenvalue weighted by molar-refractivity contribution is 0.497. The van der Waals surface area contributed by atoms with Gasteiger partial charge in [-0.25, -0.2) is 0 Å². The summed E-state index contributed by atoms with van der Waals surface area (Å²) < 4.78 is 0. The van der Waals surface area contributed by atoms with Crippen LogP contribution in [0.4, 0.5) is 0 Å². The van der Waals surface area contributed by atoms with Gasteiger partial charge >= 0.3 is 0 Å². The molecule has 1 aromatic rings. The van der Waals surface area contributed by atoms with Crippen molar-refractivity contribution in [3.63, 3.8) is 0 Å². The van der Waals surface area contributed by atoms with Crippen molar-refractivity contribution in [2.24, 2.45) is 0 Å². The Labute approximate surface area is 73.4 Å². The molecule has 0 amide bonds. The molecule has 0 heterocycles. The zero-order chi connectivity index (χ0) is 9.40. The fourth-order valence-corrected chi connectivity index (χ4v) is 1.00. The molecule has 0 radical (unpaired) electrons. The number of rotatable bonds is 1. The maximum atomic E-state index is 8.64. The average molecular weight is 208 g/mol. The van der Waals surface area contributed by atoms with Crippen molar-refractivity contribution in [2.45, 2.75) is 0 Å². The predicted octanol–water partition coefficient (Wildman–Crippen LogP) is 0.0879. The molecule has 0 atom stereocenters. The highest BCUT2D eigenvalue weighted by Gasteiger charge is 1.98. The van der Waals surface area contributed by atoms with E-state index < -0.39 is 17.4 Å². The van der Waals surface area contributed by atoms with Gasteiger partial charge in [0.1, 0.15) is 9.03 Å². The third-order valence-electron chi connectivity index (χ3n) is 0.987. The molecule has 1 aromatic carbocycles. The Balaban J connectivity index is 0.000000354. The van der Waals surface area contributed by atoms with E-state index >= 15 is 0 Å². The van der Waals surface area contributed by atoms with E-state index in [9.17, 15) is 0 Å². The first-order valence-electron chi connectivity index (χ1n) is 2.98. The highest BCUT2D eigenvalue weighted by atomic mass is 31.2. The molecule has 0 aliphatic rings. The van der Waals surface area contributed by atoms with Crippen LogP contribution in [0.1, 0.15) is 0 Å². The molecule has 0 spiro atoms. The van der Waals surface area contributed by atoms with Crippen molar-refractivity contribution >= 4 is 22.7 Å².